The molecule has 27 heavy (non-hydrogen) atoms. The van der Waals surface area contributed by atoms with Gasteiger partial charge in [-0.15, -0.1) is 5.10 Å². The van der Waals surface area contributed by atoms with Crippen LogP contribution in [0.3, 0.4) is 0 Å². The predicted octanol–water partition coefficient (Wildman–Crippen LogP) is 5.12. The normalized spacial score (nSPS) is 17.0. The molecular formula is C20H19N3OS3. The summed E-state index contributed by atoms with van der Waals surface area (Å²) in [4.78, 5) is 15.1. The molecular weight excluding hydrogens is 394 g/mol. The minimum Gasteiger partial charge on any atom is -0.308 e. The summed E-state index contributed by atoms with van der Waals surface area (Å²) in [5.74, 6) is 0.116. The quantitative estimate of drug-likeness (QED) is 0.439. The van der Waals surface area contributed by atoms with Gasteiger partial charge in [0.2, 0.25) is 5.91 Å². The summed E-state index contributed by atoms with van der Waals surface area (Å²) in [6.45, 7) is 4.04. The Labute approximate surface area is 171 Å². The van der Waals surface area contributed by atoms with Gasteiger partial charge in [-0.3, -0.25) is 4.79 Å². The van der Waals surface area contributed by atoms with E-state index < -0.39 is 0 Å². The molecule has 2 atom stereocenters. The molecule has 0 saturated heterocycles. The fourth-order valence-electron chi connectivity index (χ4n) is 3.34. The Morgan fingerprint density at radius 1 is 1.22 bits per heavy atom. The number of carbonyl (C=O) groups excluding carboxylic acids is 1. The molecule has 0 fully saturated rings. The van der Waals surface area contributed by atoms with E-state index in [4.69, 9.17) is 12.2 Å². The average molecular weight is 414 g/mol. The molecule has 0 radical (unpaired) electrons. The molecule has 1 aliphatic rings. The maximum Gasteiger partial charge on any atom is 0.240 e. The van der Waals surface area contributed by atoms with E-state index in [0.29, 0.717) is 3.95 Å². The first-order valence-electron chi connectivity index (χ1n) is 8.78. The van der Waals surface area contributed by atoms with Crippen molar-refractivity contribution in [1.82, 2.24) is 9.78 Å². The fraction of sp³-hybridized carbons (Fsp3) is 0.250. The number of rotatable bonds is 4. The van der Waals surface area contributed by atoms with E-state index in [1.54, 1.807) is 4.68 Å². The number of hydrogen-bond donors (Lipinski definition) is 0. The van der Waals surface area contributed by atoms with Crippen molar-refractivity contribution in [2.45, 2.75) is 35.9 Å². The van der Waals surface area contributed by atoms with Crippen LogP contribution in [-0.2, 0) is 11.2 Å². The molecule has 4 nitrogen and oxygen atoms in total. The Hall–Kier alpha value is -1.96. The Kier molecular flexibility index (Phi) is 5.16. The number of nitrogens with zero attached hydrogens (tertiary/aromatic N) is 3. The monoisotopic (exact) mass is 413 g/mol. The maximum atomic E-state index is 13.1. The fourth-order valence-corrected chi connectivity index (χ4v) is 5.89. The first kappa shape index (κ1) is 18.4. The summed E-state index contributed by atoms with van der Waals surface area (Å²) in [7, 11) is 0. The Morgan fingerprint density at radius 3 is 2.70 bits per heavy atom. The van der Waals surface area contributed by atoms with Crippen LogP contribution >= 0.6 is 35.3 Å². The van der Waals surface area contributed by atoms with E-state index in [9.17, 15) is 4.79 Å². The van der Waals surface area contributed by atoms with Gasteiger partial charge in [-0.25, -0.2) is 4.68 Å². The molecule has 0 bridgehead atoms. The lowest BCUT2D eigenvalue weighted by Gasteiger charge is -2.25. The summed E-state index contributed by atoms with van der Waals surface area (Å²) >= 11 is 8.38. The number of anilines is 1. The van der Waals surface area contributed by atoms with Gasteiger partial charge in [0.05, 0.1) is 10.9 Å². The van der Waals surface area contributed by atoms with Gasteiger partial charge in [-0.2, -0.15) is 0 Å². The molecule has 0 saturated carbocycles. The first-order chi connectivity index (χ1) is 13.0. The molecule has 1 aromatic heterocycles. The van der Waals surface area contributed by atoms with Gasteiger partial charge < -0.3 is 4.90 Å². The summed E-state index contributed by atoms with van der Waals surface area (Å²) in [5.41, 5.74) is 3.20. The van der Waals surface area contributed by atoms with Crippen molar-refractivity contribution in [2.75, 3.05) is 4.90 Å². The third kappa shape index (κ3) is 3.59. The van der Waals surface area contributed by atoms with Crippen LogP contribution in [0.4, 0.5) is 5.69 Å². The topological polar surface area (TPSA) is 38.1 Å². The largest absolute Gasteiger partial charge is 0.308 e. The highest BCUT2D eigenvalue weighted by Gasteiger charge is 2.33. The average Bonchev–Trinajstić information content (AvgIpc) is 3.20. The van der Waals surface area contributed by atoms with Crippen LogP contribution in [0.2, 0.25) is 0 Å². The zero-order valence-electron chi connectivity index (χ0n) is 15.0. The van der Waals surface area contributed by atoms with Crippen LogP contribution in [0.1, 0.15) is 19.4 Å². The molecule has 7 heteroatoms. The SMILES string of the molecule is C[C@H](Sc1nn(-c2ccccc2)c(=S)s1)C(=O)N1c2ccccc2C[C@H]1C. The van der Waals surface area contributed by atoms with E-state index in [1.807, 2.05) is 60.4 Å². The number of benzene rings is 2. The van der Waals surface area contributed by atoms with Gasteiger partial charge in [-0.1, -0.05) is 59.5 Å². The van der Waals surface area contributed by atoms with Crippen LogP contribution in [0.25, 0.3) is 5.69 Å². The number of thioether (sulfide) groups is 1. The highest BCUT2D eigenvalue weighted by Crippen LogP contribution is 2.35. The van der Waals surface area contributed by atoms with Crippen molar-refractivity contribution in [3.8, 4) is 5.69 Å². The summed E-state index contributed by atoms with van der Waals surface area (Å²) in [5, 5.41) is 4.38. The number of fused-ring (bicyclic) bond motifs is 1. The number of para-hydroxylation sites is 2. The molecule has 0 aliphatic carbocycles. The molecule has 1 amide bonds. The van der Waals surface area contributed by atoms with E-state index in [-0.39, 0.29) is 17.2 Å². The predicted molar refractivity (Wildman–Crippen MR) is 115 cm³/mol. The van der Waals surface area contributed by atoms with Gasteiger partial charge in [0.1, 0.15) is 0 Å². The second-order valence-corrected chi connectivity index (χ2v) is 9.74. The van der Waals surface area contributed by atoms with Crippen molar-refractivity contribution in [3.63, 3.8) is 0 Å². The number of hydrogen-bond acceptors (Lipinski definition) is 5. The minimum atomic E-state index is -0.233. The summed E-state index contributed by atoms with van der Waals surface area (Å²) < 4.78 is 3.25. The first-order valence-corrected chi connectivity index (χ1v) is 10.9. The van der Waals surface area contributed by atoms with Gasteiger partial charge in [0.25, 0.3) is 0 Å². The lowest BCUT2D eigenvalue weighted by molar-refractivity contribution is -0.118. The molecule has 0 spiro atoms. The van der Waals surface area contributed by atoms with Gasteiger partial charge >= 0.3 is 0 Å². The number of carbonyl (C=O) groups is 1. The van der Waals surface area contributed by atoms with Gasteiger partial charge in [0, 0.05) is 11.7 Å². The molecule has 0 unspecified atom stereocenters. The lowest BCUT2D eigenvalue weighted by Crippen LogP contribution is -2.40. The number of amides is 1. The molecule has 4 rings (SSSR count). The van der Waals surface area contributed by atoms with Crippen LogP contribution in [-0.4, -0.2) is 27.0 Å². The highest BCUT2D eigenvalue weighted by atomic mass is 32.2. The van der Waals surface area contributed by atoms with Crippen LogP contribution in [0.5, 0.6) is 0 Å². The van der Waals surface area contributed by atoms with Crippen molar-refractivity contribution < 1.29 is 4.79 Å². The molecule has 3 aromatic rings. The molecule has 2 aromatic carbocycles. The molecule has 2 heterocycles. The second-order valence-electron chi connectivity index (χ2n) is 6.53. The minimum absolute atomic E-state index is 0.116. The van der Waals surface area contributed by atoms with Crippen molar-refractivity contribution >= 4 is 46.9 Å². The molecule has 138 valence electrons. The van der Waals surface area contributed by atoms with Crippen LogP contribution < -0.4 is 4.90 Å². The van der Waals surface area contributed by atoms with E-state index in [0.717, 1.165) is 22.1 Å². The van der Waals surface area contributed by atoms with Crippen molar-refractivity contribution in [3.05, 3.63) is 64.1 Å². The third-order valence-electron chi connectivity index (χ3n) is 4.60. The Balaban J connectivity index is 1.54. The maximum absolute atomic E-state index is 13.1. The zero-order valence-corrected chi connectivity index (χ0v) is 17.5. The second kappa shape index (κ2) is 7.58. The Bertz CT molecular complexity index is 1030. The summed E-state index contributed by atoms with van der Waals surface area (Å²) in [6, 6.07) is 18.2. The number of aromatic nitrogens is 2. The van der Waals surface area contributed by atoms with Crippen LogP contribution in [0, 0.1) is 3.95 Å². The third-order valence-corrected chi connectivity index (χ3v) is 7.00. The lowest BCUT2D eigenvalue weighted by atomic mass is 10.1. The van der Waals surface area contributed by atoms with Crippen molar-refractivity contribution in [1.29, 1.82) is 0 Å². The molecule has 1 aliphatic heterocycles. The van der Waals surface area contributed by atoms with Crippen LogP contribution in [0.15, 0.2) is 58.9 Å². The summed E-state index contributed by atoms with van der Waals surface area (Å²) in [6.07, 6.45) is 0.904. The van der Waals surface area contributed by atoms with E-state index in [1.165, 1.54) is 28.7 Å². The smallest absolute Gasteiger partial charge is 0.240 e. The molecule has 0 N–H and O–H groups in total. The van der Waals surface area contributed by atoms with E-state index in [2.05, 4.69) is 18.1 Å². The highest BCUT2D eigenvalue weighted by molar-refractivity contribution is 8.02. The van der Waals surface area contributed by atoms with Gasteiger partial charge in [0.15, 0.2) is 8.29 Å². The Morgan fingerprint density at radius 2 is 1.93 bits per heavy atom. The zero-order chi connectivity index (χ0) is 19.0. The van der Waals surface area contributed by atoms with Gasteiger partial charge in [-0.05, 0) is 56.2 Å². The van der Waals surface area contributed by atoms with E-state index >= 15 is 0 Å². The van der Waals surface area contributed by atoms with Crippen molar-refractivity contribution in [2.24, 2.45) is 0 Å². The standard InChI is InChI=1S/C20H19N3OS3/c1-13-12-15-8-6-7-11-17(15)22(13)18(24)14(2)26-19-21-23(20(25)27-19)16-9-4-3-5-10-16/h3-11,13-14H,12H2,1-2H3/t13-,14+/m1/s1.